The molecule has 1 fully saturated rings. The number of thioether (sulfide) groups is 1. The molecule has 19 heavy (non-hydrogen) atoms. The Hall–Kier alpha value is 0.380. The number of nitrogens with one attached hydrogen (secondary N) is 2. The van der Waals surface area contributed by atoms with Crippen LogP contribution in [0.5, 0.6) is 0 Å². The summed E-state index contributed by atoms with van der Waals surface area (Å²) < 4.78 is 0. The van der Waals surface area contributed by atoms with Crippen molar-refractivity contribution in [2.24, 2.45) is 11.3 Å². The van der Waals surface area contributed by atoms with Gasteiger partial charge in [0.1, 0.15) is 5.41 Å². The van der Waals surface area contributed by atoms with Gasteiger partial charge in [-0.25, -0.2) is 0 Å². The zero-order chi connectivity index (χ0) is 13.8. The minimum Gasteiger partial charge on any atom is -1.00 e. The van der Waals surface area contributed by atoms with Crippen LogP contribution in [-0.2, 0) is 9.59 Å². The van der Waals surface area contributed by atoms with Gasteiger partial charge in [-0.3, -0.25) is 9.59 Å². The van der Waals surface area contributed by atoms with Gasteiger partial charge in [-0.15, -0.1) is 0 Å². The maximum absolute atomic E-state index is 12.3. The maximum atomic E-state index is 12.3. The van der Waals surface area contributed by atoms with Crippen molar-refractivity contribution in [3.05, 3.63) is 0 Å². The van der Waals surface area contributed by atoms with E-state index in [1.54, 1.807) is 11.8 Å². The summed E-state index contributed by atoms with van der Waals surface area (Å²) in [5.41, 5.74) is -0.971. The molecule has 104 valence electrons. The summed E-state index contributed by atoms with van der Waals surface area (Å²) in [5, 5.41) is 5.32. The van der Waals surface area contributed by atoms with E-state index < -0.39 is 5.41 Å². The molecule has 1 saturated heterocycles. The predicted octanol–water partition coefficient (Wildman–Crippen LogP) is -1.19. The summed E-state index contributed by atoms with van der Waals surface area (Å²) in [6.07, 6.45) is 4.33. The van der Waals surface area contributed by atoms with Crippen LogP contribution in [0.2, 0.25) is 0 Å². The van der Waals surface area contributed by atoms with Gasteiger partial charge in [0.05, 0.1) is 0 Å². The molecule has 0 aromatic heterocycles. The molecule has 4 nitrogen and oxygen atoms in total. The molecule has 0 spiro atoms. The van der Waals surface area contributed by atoms with E-state index >= 15 is 0 Å². The van der Waals surface area contributed by atoms with Gasteiger partial charge in [-0.2, -0.15) is 11.8 Å². The topological polar surface area (TPSA) is 58.2 Å². The maximum Gasteiger partial charge on any atom is 1.00 e. The van der Waals surface area contributed by atoms with Gasteiger partial charge in [-0.05, 0) is 43.0 Å². The van der Waals surface area contributed by atoms with Crippen LogP contribution in [0.25, 0.3) is 0 Å². The molecular weight excluding hydrogens is 291 g/mol. The van der Waals surface area contributed by atoms with Crippen LogP contribution in [0.4, 0.5) is 0 Å². The number of carbonyl (C=O) groups excluding carboxylic acids is 2. The Balaban J connectivity index is 0. The van der Waals surface area contributed by atoms with Gasteiger partial charge in [0, 0.05) is 0 Å². The van der Waals surface area contributed by atoms with Crippen molar-refractivity contribution in [3.63, 3.8) is 0 Å². The summed E-state index contributed by atoms with van der Waals surface area (Å²) in [7, 11) is 0. The minimum atomic E-state index is -0.971. The number of hydrogen-bond acceptors (Lipinski definition) is 4. The van der Waals surface area contributed by atoms with Gasteiger partial charge >= 0.3 is 29.6 Å². The first kappa shape index (κ1) is 19.4. The molecule has 0 aromatic carbocycles. The second kappa shape index (κ2) is 8.62. The van der Waals surface area contributed by atoms with Gasteiger partial charge in [-0.1, -0.05) is 20.3 Å². The standard InChI is InChI=1S/C12H20N2O2S2.Na.H/c1-4-5-8(2)12(6-7-18-3)9(15)13-11(17)14-10(12)16;;/h8H,4-7H2,1-3H3,(H2,13,14,15,16,17);;/q;+1;-1. The van der Waals surface area contributed by atoms with E-state index in [4.69, 9.17) is 12.2 Å². The Morgan fingerprint density at radius 1 is 1.37 bits per heavy atom. The molecule has 1 aliphatic rings. The summed E-state index contributed by atoms with van der Waals surface area (Å²) in [4.78, 5) is 24.6. The molecule has 0 saturated carbocycles. The molecule has 7 heteroatoms. The molecule has 0 aromatic rings. The quantitative estimate of drug-likeness (QED) is 0.368. The Bertz CT molecular complexity index is 349. The Kier molecular flexibility index (Phi) is 8.79. The SMILES string of the molecule is CCCC(C)C1(CCSC)C(=O)NC(=S)NC1=O.[H-].[Na+]. The molecule has 1 rings (SSSR count). The van der Waals surface area contributed by atoms with Gasteiger partial charge in [0.15, 0.2) is 5.11 Å². The first-order valence-electron chi connectivity index (χ1n) is 6.14. The molecule has 0 aliphatic carbocycles. The van der Waals surface area contributed by atoms with Crippen LogP contribution >= 0.6 is 24.0 Å². The number of rotatable bonds is 6. The van der Waals surface area contributed by atoms with Crippen molar-refractivity contribution in [1.29, 1.82) is 0 Å². The fourth-order valence-electron chi connectivity index (χ4n) is 2.43. The van der Waals surface area contributed by atoms with Crippen LogP contribution < -0.4 is 40.2 Å². The molecule has 1 aliphatic heterocycles. The van der Waals surface area contributed by atoms with Gasteiger partial charge < -0.3 is 12.1 Å². The van der Waals surface area contributed by atoms with Crippen molar-refractivity contribution in [3.8, 4) is 0 Å². The van der Waals surface area contributed by atoms with Crippen molar-refractivity contribution >= 4 is 40.9 Å². The zero-order valence-corrected chi connectivity index (χ0v) is 15.7. The summed E-state index contributed by atoms with van der Waals surface area (Å²) in [6.45, 7) is 4.03. The molecule has 2 amide bonds. The van der Waals surface area contributed by atoms with E-state index in [2.05, 4.69) is 17.6 Å². The van der Waals surface area contributed by atoms with Gasteiger partial charge in [0.25, 0.3) is 0 Å². The molecule has 1 unspecified atom stereocenters. The number of amides is 2. The summed E-state index contributed by atoms with van der Waals surface area (Å²) >= 11 is 6.50. The summed E-state index contributed by atoms with van der Waals surface area (Å²) in [6, 6.07) is 0. The zero-order valence-electron chi connectivity index (χ0n) is 13.0. The van der Waals surface area contributed by atoms with E-state index in [1.165, 1.54) is 0 Å². The van der Waals surface area contributed by atoms with Crippen molar-refractivity contribution in [2.75, 3.05) is 12.0 Å². The number of thiocarbonyl (C=S) groups is 1. The second-order valence-electron chi connectivity index (χ2n) is 4.64. The van der Waals surface area contributed by atoms with Crippen LogP contribution in [0.3, 0.4) is 0 Å². The number of hydrogen-bond donors (Lipinski definition) is 2. The number of carbonyl (C=O) groups is 2. The third kappa shape index (κ3) is 4.17. The average molecular weight is 312 g/mol. The third-order valence-electron chi connectivity index (χ3n) is 3.53. The Morgan fingerprint density at radius 3 is 2.32 bits per heavy atom. The predicted molar refractivity (Wildman–Crippen MR) is 79.5 cm³/mol. The molecule has 0 bridgehead atoms. The third-order valence-corrected chi connectivity index (χ3v) is 4.34. The van der Waals surface area contributed by atoms with Crippen LogP contribution in [0.1, 0.15) is 34.5 Å². The first-order valence-corrected chi connectivity index (χ1v) is 7.95. The van der Waals surface area contributed by atoms with Crippen molar-refractivity contribution in [1.82, 2.24) is 10.6 Å². The van der Waals surface area contributed by atoms with Gasteiger partial charge in [0.2, 0.25) is 11.8 Å². The monoisotopic (exact) mass is 312 g/mol. The molecule has 2 N–H and O–H groups in total. The molecule has 1 atom stereocenters. The van der Waals surface area contributed by atoms with Crippen LogP contribution in [0.15, 0.2) is 0 Å². The smallest absolute Gasteiger partial charge is 1.00 e. The Labute approximate surface area is 148 Å². The van der Waals surface area contributed by atoms with E-state index in [0.717, 1.165) is 18.6 Å². The van der Waals surface area contributed by atoms with E-state index in [-0.39, 0.29) is 53.8 Å². The molecule has 1 heterocycles. The summed E-state index contributed by atoms with van der Waals surface area (Å²) in [5.74, 6) is 0.303. The minimum absolute atomic E-state index is 0. The fraction of sp³-hybridized carbons (Fsp3) is 0.750. The second-order valence-corrected chi connectivity index (χ2v) is 6.04. The van der Waals surface area contributed by atoms with Crippen LogP contribution in [-0.4, -0.2) is 28.9 Å². The van der Waals surface area contributed by atoms with Crippen LogP contribution in [0, 0.1) is 11.3 Å². The van der Waals surface area contributed by atoms with E-state index in [1.807, 2.05) is 13.2 Å². The Morgan fingerprint density at radius 2 is 1.89 bits per heavy atom. The van der Waals surface area contributed by atoms with Crippen molar-refractivity contribution in [2.45, 2.75) is 33.1 Å². The normalized spacial score (nSPS) is 19.2. The molecule has 0 radical (unpaired) electrons. The largest absolute Gasteiger partial charge is 1.00 e. The van der Waals surface area contributed by atoms with E-state index in [0.29, 0.717) is 6.42 Å². The average Bonchev–Trinajstić information content (AvgIpc) is 2.28. The van der Waals surface area contributed by atoms with Crippen molar-refractivity contribution < 1.29 is 40.6 Å². The first-order chi connectivity index (χ1) is 8.48. The van der Waals surface area contributed by atoms with E-state index in [9.17, 15) is 9.59 Å². The molecular formula is C12H21N2NaO2S2. The fourth-order valence-corrected chi connectivity index (χ4v) is 3.14.